The van der Waals surface area contributed by atoms with E-state index in [1.165, 1.54) is 4.90 Å². The van der Waals surface area contributed by atoms with Crippen LogP contribution in [0.25, 0.3) is 0 Å². The third kappa shape index (κ3) is 4.19. The average molecular weight is 519 g/mol. The molecule has 3 aliphatic heterocycles. The van der Waals surface area contributed by atoms with E-state index >= 15 is 0 Å². The molecule has 3 aliphatic rings. The molecular formula is C26H31ClN2O5S. The molecule has 7 nitrogen and oxygen atoms in total. The number of thioether (sulfide) groups is 1. The van der Waals surface area contributed by atoms with Crippen LogP contribution in [-0.4, -0.2) is 69.6 Å². The highest BCUT2D eigenvalue weighted by atomic mass is 35.5. The number of aliphatic hydroxyl groups is 1. The molecule has 9 heteroatoms. The Morgan fingerprint density at radius 3 is 2.63 bits per heavy atom. The monoisotopic (exact) mass is 518 g/mol. The average Bonchev–Trinajstić information content (AvgIpc) is 3.39. The van der Waals surface area contributed by atoms with Crippen LogP contribution in [0.4, 0.5) is 5.69 Å². The van der Waals surface area contributed by atoms with Crippen molar-refractivity contribution in [3.63, 3.8) is 0 Å². The van der Waals surface area contributed by atoms with Gasteiger partial charge in [-0.15, -0.1) is 24.9 Å². The molecule has 4 rings (SSSR count). The number of rotatable bonds is 10. The highest BCUT2D eigenvalue weighted by Gasteiger charge is 2.77. The smallest absolute Gasteiger partial charge is 0.311 e. The lowest BCUT2D eigenvalue weighted by Gasteiger charge is -2.37. The van der Waals surface area contributed by atoms with E-state index < -0.39 is 33.3 Å². The highest BCUT2D eigenvalue weighted by Crippen LogP contribution is 2.71. The third-order valence-electron chi connectivity index (χ3n) is 7.39. The van der Waals surface area contributed by atoms with Gasteiger partial charge in [-0.25, -0.2) is 0 Å². The standard InChI is InChI=1S/C26H31ClN2O5S/c1-4-6-16-34-24(33)20-19-22(31)29(14-15-30)21(26(19)12-11-25(20,3)35-26)23(32)28(13-5-2)18-9-7-17(27)8-10-18/h4-5,7-10,19-21,30H,1-2,6,11-16H2,3H3/t19-,20-,21?,25+,26?/m0/s1. The third-order valence-corrected chi connectivity index (χ3v) is 9.63. The van der Waals surface area contributed by atoms with E-state index in [4.69, 9.17) is 16.3 Å². The summed E-state index contributed by atoms with van der Waals surface area (Å²) < 4.78 is 4.26. The summed E-state index contributed by atoms with van der Waals surface area (Å²) in [6, 6.07) is 6.11. The van der Waals surface area contributed by atoms with Gasteiger partial charge in [-0.05, 0) is 50.5 Å². The summed E-state index contributed by atoms with van der Waals surface area (Å²) in [6.07, 6.45) is 5.16. The first kappa shape index (κ1) is 25.8. The molecular weight excluding hydrogens is 488 g/mol. The SMILES string of the molecule is C=CCCOC(=O)[C@@H]1[C@H]2C(=O)N(CCO)C(C(=O)N(CC=C)c3ccc(Cl)cc3)C23CC[C@@]1(C)S3. The van der Waals surface area contributed by atoms with Crippen molar-refractivity contribution in [2.45, 2.75) is 41.7 Å². The van der Waals surface area contributed by atoms with Crippen LogP contribution >= 0.6 is 23.4 Å². The lowest BCUT2D eigenvalue weighted by atomic mass is 9.66. The van der Waals surface area contributed by atoms with Crippen LogP contribution in [0.15, 0.2) is 49.6 Å². The summed E-state index contributed by atoms with van der Waals surface area (Å²) in [7, 11) is 0. The highest BCUT2D eigenvalue weighted by molar-refractivity contribution is 8.02. The summed E-state index contributed by atoms with van der Waals surface area (Å²) in [5, 5.41) is 10.3. The summed E-state index contributed by atoms with van der Waals surface area (Å²) in [5.41, 5.74) is 0.639. The van der Waals surface area contributed by atoms with Crippen LogP contribution in [-0.2, 0) is 19.1 Å². The minimum Gasteiger partial charge on any atom is -0.465 e. The summed E-state index contributed by atoms with van der Waals surface area (Å²) in [6.45, 7) is 9.65. The van der Waals surface area contributed by atoms with E-state index in [9.17, 15) is 19.5 Å². The second-order valence-corrected chi connectivity index (χ2v) is 11.8. The van der Waals surface area contributed by atoms with Gasteiger partial charge in [0, 0.05) is 28.5 Å². The van der Waals surface area contributed by atoms with E-state index in [1.807, 2.05) is 6.92 Å². The maximum absolute atomic E-state index is 14.2. The molecule has 1 spiro atoms. The number of esters is 1. The first-order valence-corrected chi connectivity index (χ1v) is 13.0. The Balaban J connectivity index is 1.74. The molecule has 188 valence electrons. The molecule has 5 atom stereocenters. The van der Waals surface area contributed by atoms with E-state index in [0.717, 1.165) is 0 Å². The largest absolute Gasteiger partial charge is 0.465 e. The van der Waals surface area contributed by atoms with Crippen LogP contribution < -0.4 is 4.90 Å². The number of carbonyl (C=O) groups excluding carboxylic acids is 3. The van der Waals surface area contributed by atoms with Crippen LogP contribution in [0.1, 0.15) is 26.2 Å². The number of ether oxygens (including phenoxy) is 1. The maximum atomic E-state index is 14.2. The minimum atomic E-state index is -0.819. The fraction of sp³-hybridized carbons (Fsp3) is 0.500. The number of hydrogen-bond donors (Lipinski definition) is 1. The predicted molar refractivity (Wildman–Crippen MR) is 137 cm³/mol. The number of fused-ring (bicyclic) bond motifs is 1. The van der Waals surface area contributed by atoms with Crippen molar-refractivity contribution in [1.29, 1.82) is 0 Å². The van der Waals surface area contributed by atoms with Crippen molar-refractivity contribution < 1.29 is 24.2 Å². The summed E-state index contributed by atoms with van der Waals surface area (Å²) in [5.74, 6) is -2.26. The Morgan fingerprint density at radius 1 is 1.29 bits per heavy atom. The number of amides is 2. The Bertz CT molecular complexity index is 1030. The molecule has 35 heavy (non-hydrogen) atoms. The number of anilines is 1. The number of hydrogen-bond acceptors (Lipinski definition) is 6. The molecule has 2 unspecified atom stereocenters. The normalized spacial score (nSPS) is 30.8. The van der Waals surface area contributed by atoms with E-state index in [1.54, 1.807) is 53.1 Å². The Hall–Kier alpha value is -2.29. The molecule has 3 fully saturated rings. The second kappa shape index (κ2) is 9.99. The number of β-amino-alcohol motifs (C(OH)–C–C–N with tert-alkyl or cyclic N) is 1. The molecule has 0 aromatic heterocycles. The van der Waals surface area contributed by atoms with Crippen molar-refractivity contribution in [2.24, 2.45) is 11.8 Å². The first-order valence-electron chi connectivity index (χ1n) is 11.8. The topological polar surface area (TPSA) is 87.1 Å². The molecule has 0 aliphatic carbocycles. The van der Waals surface area contributed by atoms with Crippen molar-refractivity contribution in [3.05, 3.63) is 54.6 Å². The number of aliphatic hydroxyl groups excluding tert-OH is 1. The number of benzene rings is 1. The Kier molecular flexibility index (Phi) is 7.36. The lowest BCUT2D eigenvalue weighted by Crippen LogP contribution is -2.55. The van der Waals surface area contributed by atoms with Crippen molar-refractivity contribution >= 4 is 46.8 Å². The molecule has 1 N–H and O–H groups in total. The van der Waals surface area contributed by atoms with Gasteiger partial charge in [0.15, 0.2) is 0 Å². The Labute approximate surface area is 215 Å². The molecule has 3 saturated heterocycles. The Morgan fingerprint density at radius 2 is 2.00 bits per heavy atom. The first-order chi connectivity index (χ1) is 16.7. The van der Waals surface area contributed by atoms with Gasteiger partial charge in [0.05, 0.1) is 29.8 Å². The fourth-order valence-electron chi connectivity index (χ4n) is 5.96. The zero-order valence-corrected chi connectivity index (χ0v) is 21.4. The number of nitrogens with zero attached hydrogens (tertiary/aromatic N) is 2. The van der Waals surface area contributed by atoms with Crippen LogP contribution in [0, 0.1) is 11.8 Å². The molecule has 1 aromatic carbocycles. The van der Waals surface area contributed by atoms with Crippen molar-refractivity contribution in [3.8, 4) is 0 Å². The molecule has 1 aromatic rings. The van der Waals surface area contributed by atoms with Gasteiger partial charge >= 0.3 is 5.97 Å². The predicted octanol–water partition coefficient (Wildman–Crippen LogP) is 3.45. The summed E-state index contributed by atoms with van der Waals surface area (Å²) >= 11 is 7.63. The van der Waals surface area contributed by atoms with E-state index in [0.29, 0.717) is 30.0 Å². The van der Waals surface area contributed by atoms with Crippen LogP contribution in [0.5, 0.6) is 0 Å². The van der Waals surface area contributed by atoms with E-state index in [2.05, 4.69) is 13.2 Å². The molecule has 0 saturated carbocycles. The molecule has 2 bridgehead atoms. The van der Waals surface area contributed by atoms with Gasteiger partial charge in [-0.1, -0.05) is 23.8 Å². The van der Waals surface area contributed by atoms with Crippen molar-refractivity contribution in [1.82, 2.24) is 4.90 Å². The van der Waals surface area contributed by atoms with Gasteiger partial charge < -0.3 is 19.6 Å². The van der Waals surface area contributed by atoms with Crippen molar-refractivity contribution in [2.75, 3.05) is 31.2 Å². The van der Waals surface area contributed by atoms with Crippen LogP contribution in [0.3, 0.4) is 0 Å². The number of halogens is 1. The zero-order chi connectivity index (χ0) is 25.4. The van der Waals surface area contributed by atoms with Crippen LogP contribution in [0.2, 0.25) is 5.02 Å². The quantitative estimate of drug-likeness (QED) is 0.290. The van der Waals surface area contributed by atoms with E-state index in [-0.39, 0.29) is 38.1 Å². The minimum absolute atomic E-state index is 0.0194. The lowest BCUT2D eigenvalue weighted by molar-refractivity contribution is -0.155. The van der Waals surface area contributed by atoms with Gasteiger partial charge in [0.25, 0.3) is 5.91 Å². The van der Waals surface area contributed by atoms with Gasteiger partial charge in [0.2, 0.25) is 5.91 Å². The second-order valence-electron chi connectivity index (χ2n) is 9.44. The summed E-state index contributed by atoms with van der Waals surface area (Å²) in [4.78, 5) is 44.3. The molecule has 3 heterocycles. The van der Waals surface area contributed by atoms with Gasteiger partial charge in [0.1, 0.15) is 6.04 Å². The fourth-order valence-corrected chi connectivity index (χ4v) is 8.43. The molecule has 2 amide bonds. The number of likely N-dealkylation sites (tertiary alicyclic amines) is 1. The zero-order valence-electron chi connectivity index (χ0n) is 19.8. The maximum Gasteiger partial charge on any atom is 0.311 e. The van der Waals surface area contributed by atoms with Gasteiger partial charge in [-0.2, -0.15) is 0 Å². The van der Waals surface area contributed by atoms with Gasteiger partial charge in [-0.3, -0.25) is 14.4 Å². The molecule has 0 radical (unpaired) electrons. The number of carbonyl (C=O) groups is 3.